The molecule has 2 aromatic carbocycles. The van der Waals surface area contributed by atoms with E-state index in [1.807, 2.05) is 0 Å². The maximum atomic E-state index is 14.5. The zero-order chi connectivity index (χ0) is 22.0. The monoisotopic (exact) mass is 451 g/mol. The minimum atomic E-state index is -1.10. The molecule has 7 nitrogen and oxygen atoms in total. The molecule has 0 fully saturated rings. The SMILES string of the molecule is N=Cn1c(C(=O)N[C@H](CO)c2ccc(CC(=O)O)cc2F)cc2c(Cl)c(Cl)ccc21. The van der Waals surface area contributed by atoms with Gasteiger partial charge in [0.25, 0.3) is 5.91 Å². The van der Waals surface area contributed by atoms with E-state index < -0.39 is 30.3 Å². The molecule has 3 aromatic rings. The highest BCUT2D eigenvalue weighted by Gasteiger charge is 2.23. The summed E-state index contributed by atoms with van der Waals surface area (Å²) in [6.07, 6.45) is 0.576. The van der Waals surface area contributed by atoms with E-state index in [-0.39, 0.29) is 33.3 Å². The van der Waals surface area contributed by atoms with Gasteiger partial charge in [0.05, 0.1) is 41.0 Å². The summed E-state index contributed by atoms with van der Waals surface area (Å²) in [5.41, 5.74) is 0.778. The molecule has 3 rings (SSSR count). The quantitative estimate of drug-likeness (QED) is 0.324. The first-order valence-electron chi connectivity index (χ1n) is 8.68. The van der Waals surface area contributed by atoms with Crippen molar-refractivity contribution in [2.75, 3.05) is 6.61 Å². The van der Waals surface area contributed by atoms with Crippen LogP contribution in [0.3, 0.4) is 0 Å². The fraction of sp³-hybridized carbons (Fsp3) is 0.150. The molecule has 0 aliphatic carbocycles. The molecule has 4 N–H and O–H groups in total. The van der Waals surface area contributed by atoms with Gasteiger partial charge in [-0.05, 0) is 29.8 Å². The van der Waals surface area contributed by atoms with E-state index in [4.69, 9.17) is 33.7 Å². The van der Waals surface area contributed by atoms with Gasteiger partial charge in [-0.1, -0.05) is 35.3 Å². The third kappa shape index (κ3) is 4.16. The van der Waals surface area contributed by atoms with Crippen molar-refractivity contribution in [2.24, 2.45) is 0 Å². The number of nitrogens with one attached hydrogen (secondary N) is 2. The first-order chi connectivity index (χ1) is 14.3. The fourth-order valence-corrected chi connectivity index (χ4v) is 3.52. The molecular formula is C20H16Cl2FN3O4. The van der Waals surface area contributed by atoms with E-state index in [2.05, 4.69) is 5.32 Å². The second kappa shape index (κ2) is 8.83. The summed E-state index contributed by atoms with van der Waals surface area (Å²) in [7, 11) is 0. The number of carbonyl (C=O) groups is 2. The molecule has 1 amide bonds. The van der Waals surface area contributed by atoms with Crippen LogP contribution in [-0.4, -0.2) is 39.6 Å². The normalized spacial score (nSPS) is 12.0. The number of fused-ring (bicyclic) bond motifs is 1. The number of hydrogen-bond donors (Lipinski definition) is 4. The number of aliphatic carboxylic acids is 1. The number of halogens is 3. The van der Waals surface area contributed by atoms with Gasteiger partial charge in [0.1, 0.15) is 11.5 Å². The van der Waals surface area contributed by atoms with Crippen LogP contribution >= 0.6 is 23.2 Å². The molecule has 0 bridgehead atoms. The van der Waals surface area contributed by atoms with Gasteiger partial charge in [0.15, 0.2) is 0 Å². The predicted molar refractivity (Wildman–Crippen MR) is 111 cm³/mol. The lowest BCUT2D eigenvalue weighted by atomic mass is 10.0. The lowest BCUT2D eigenvalue weighted by Crippen LogP contribution is -2.32. The van der Waals surface area contributed by atoms with Crippen LogP contribution < -0.4 is 5.32 Å². The summed E-state index contributed by atoms with van der Waals surface area (Å²) >= 11 is 12.2. The lowest BCUT2D eigenvalue weighted by molar-refractivity contribution is -0.136. The van der Waals surface area contributed by atoms with Gasteiger partial charge in [-0.25, -0.2) is 4.39 Å². The second-order valence-corrected chi connectivity index (χ2v) is 7.24. The highest BCUT2D eigenvalue weighted by molar-refractivity contribution is 6.45. The summed E-state index contributed by atoms with van der Waals surface area (Å²) in [6, 6.07) is 7.29. The van der Waals surface area contributed by atoms with Gasteiger partial charge >= 0.3 is 5.97 Å². The highest BCUT2D eigenvalue weighted by Crippen LogP contribution is 2.32. The van der Waals surface area contributed by atoms with E-state index in [1.165, 1.54) is 22.8 Å². The van der Waals surface area contributed by atoms with Crippen molar-refractivity contribution in [3.05, 3.63) is 69.1 Å². The standard InChI is InChI=1S/C20H16Cl2FN3O4/c21-13-3-4-16-12(19(13)22)7-17(26(16)9-24)20(30)25-15(8-27)11-2-1-10(5-14(11)23)6-18(28)29/h1-5,7,9,15,24,27H,6,8H2,(H,25,30)(H,28,29)/t15-/m1/s1. The fourth-order valence-electron chi connectivity index (χ4n) is 3.15. The van der Waals surface area contributed by atoms with Gasteiger partial charge in [-0.15, -0.1) is 0 Å². The number of benzene rings is 2. The average Bonchev–Trinajstić information content (AvgIpc) is 3.08. The minimum Gasteiger partial charge on any atom is -0.481 e. The first-order valence-corrected chi connectivity index (χ1v) is 9.43. The molecule has 1 atom stereocenters. The average molecular weight is 452 g/mol. The Morgan fingerprint density at radius 1 is 1.23 bits per heavy atom. The largest absolute Gasteiger partial charge is 0.481 e. The van der Waals surface area contributed by atoms with Gasteiger partial charge in [-0.2, -0.15) is 0 Å². The third-order valence-electron chi connectivity index (χ3n) is 4.56. The molecule has 0 unspecified atom stereocenters. The molecule has 0 aliphatic heterocycles. The smallest absolute Gasteiger partial charge is 0.307 e. The minimum absolute atomic E-state index is 0.00132. The molecule has 0 spiro atoms. The lowest BCUT2D eigenvalue weighted by Gasteiger charge is -2.18. The van der Waals surface area contributed by atoms with Crippen molar-refractivity contribution >= 4 is 52.3 Å². The molecule has 0 radical (unpaired) electrons. The predicted octanol–water partition coefficient (Wildman–Crippen LogP) is 3.63. The second-order valence-electron chi connectivity index (χ2n) is 6.46. The van der Waals surface area contributed by atoms with E-state index in [0.29, 0.717) is 10.9 Å². The molecular weight excluding hydrogens is 436 g/mol. The van der Waals surface area contributed by atoms with Gasteiger partial charge < -0.3 is 15.5 Å². The Morgan fingerprint density at radius 2 is 1.97 bits per heavy atom. The summed E-state index contributed by atoms with van der Waals surface area (Å²) in [4.78, 5) is 23.6. The van der Waals surface area contributed by atoms with Gasteiger partial charge in [0, 0.05) is 10.9 Å². The Morgan fingerprint density at radius 3 is 2.57 bits per heavy atom. The van der Waals surface area contributed by atoms with Crippen molar-refractivity contribution < 1.29 is 24.2 Å². The highest BCUT2D eigenvalue weighted by atomic mass is 35.5. The number of amides is 1. The summed E-state index contributed by atoms with van der Waals surface area (Å²) in [5, 5.41) is 29.6. The van der Waals surface area contributed by atoms with E-state index in [1.54, 1.807) is 12.1 Å². The van der Waals surface area contributed by atoms with E-state index >= 15 is 0 Å². The molecule has 0 saturated heterocycles. The number of carboxylic acid groups (broad SMARTS) is 1. The Balaban J connectivity index is 1.93. The zero-order valence-electron chi connectivity index (χ0n) is 15.3. The molecule has 156 valence electrons. The van der Waals surface area contributed by atoms with Crippen LogP contribution in [0, 0.1) is 11.2 Å². The van der Waals surface area contributed by atoms with Crippen LogP contribution in [0.1, 0.15) is 27.7 Å². The number of rotatable bonds is 7. The number of hydrogen-bond acceptors (Lipinski definition) is 4. The number of carbonyl (C=O) groups excluding carboxylic acids is 1. The number of carboxylic acids is 1. The van der Waals surface area contributed by atoms with Crippen molar-refractivity contribution in [1.82, 2.24) is 9.88 Å². The molecule has 10 heteroatoms. The van der Waals surface area contributed by atoms with Crippen molar-refractivity contribution in [3.63, 3.8) is 0 Å². The number of nitrogens with zero attached hydrogens (tertiary/aromatic N) is 1. The van der Waals surface area contributed by atoms with Crippen LogP contribution in [-0.2, 0) is 11.2 Å². The van der Waals surface area contributed by atoms with Crippen molar-refractivity contribution in [1.29, 1.82) is 5.41 Å². The van der Waals surface area contributed by atoms with Crippen LogP contribution in [0.4, 0.5) is 4.39 Å². The number of aromatic nitrogens is 1. The van der Waals surface area contributed by atoms with Gasteiger partial charge in [-0.3, -0.25) is 19.6 Å². The number of aliphatic hydroxyl groups is 1. The molecule has 30 heavy (non-hydrogen) atoms. The van der Waals surface area contributed by atoms with Crippen LogP contribution in [0.5, 0.6) is 0 Å². The Hall–Kier alpha value is -2.94. The first kappa shape index (κ1) is 21.8. The molecule has 0 saturated carbocycles. The summed E-state index contributed by atoms with van der Waals surface area (Å²) < 4.78 is 15.8. The van der Waals surface area contributed by atoms with Crippen molar-refractivity contribution in [3.8, 4) is 0 Å². The maximum Gasteiger partial charge on any atom is 0.307 e. The third-order valence-corrected chi connectivity index (χ3v) is 5.37. The van der Waals surface area contributed by atoms with Crippen LogP contribution in [0.2, 0.25) is 10.0 Å². The Kier molecular flexibility index (Phi) is 6.40. The van der Waals surface area contributed by atoms with Crippen molar-refractivity contribution in [2.45, 2.75) is 12.5 Å². The Labute approximate surface area is 180 Å². The molecule has 1 aromatic heterocycles. The van der Waals surface area contributed by atoms with Crippen LogP contribution in [0.15, 0.2) is 36.4 Å². The van der Waals surface area contributed by atoms with E-state index in [0.717, 1.165) is 12.4 Å². The molecule has 1 heterocycles. The molecule has 0 aliphatic rings. The summed E-state index contributed by atoms with van der Waals surface area (Å²) in [6.45, 7) is -0.599. The Bertz CT molecular complexity index is 1160. The topological polar surface area (TPSA) is 115 Å². The van der Waals surface area contributed by atoms with E-state index in [9.17, 15) is 19.1 Å². The van der Waals surface area contributed by atoms with Gasteiger partial charge in [0.2, 0.25) is 0 Å². The zero-order valence-corrected chi connectivity index (χ0v) is 16.8. The summed E-state index contributed by atoms with van der Waals surface area (Å²) in [5.74, 6) is -2.53. The number of aliphatic hydroxyl groups excluding tert-OH is 1. The maximum absolute atomic E-state index is 14.5. The van der Waals surface area contributed by atoms with Crippen LogP contribution in [0.25, 0.3) is 10.9 Å².